The van der Waals surface area contributed by atoms with Crippen molar-refractivity contribution < 1.29 is 0 Å². The second-order valence-corrected chi connectivity index (χ2v) is 2.72. The minimum Gasteiger partial charge on any atom is -0.241 e. The average Bonchev–Trinajstić information content (AvgIpc) is 2.54. The van der Waals surface area contributed by atoms with Crippen LogP contribution in [0.15, 0.2) is 36.7 Å². The molecule has 0 unspecified atom stereocenters. The molecule has 0 aliphatic rings. The topological polar surface area (TPSA) is 17.8 Å². The molecule has 0 atom stereocenters. The van der Waals surface area contributed by atoms with Crippen LogP contribution >= 0.6 is 0 Å². The minimum atomic E-state index is 1.07. The highest BCUT2D eigenvalue weighted by molar-refractivity contribution is 5.30. The van der Waals surface area contributed by atoms with Crippen LogP contribution in [0.25, 0.3) is 5.69 Å². The largest absolute Gasteiger partial charge is 0.241 e. The van der Waals surface area contributed by atoms with Gasteiger partial charge in [0, 0.05) is 6.20 Å². The summed E-state index contributed by atoms with van der Waals surface area (Å²) in [5, 5.41) is 4.19. The monoisotopic (exact) mass is 157 g/mol. The van der Waals surface area contributed by atoms with E-state index in [4.69, 9.17) is 0 Å². The molecule has 0 aliphatic heterocycles. The molecule has 59 valence electrons. The smallest absolute Gasteiger partial charge is 0.0646 e. The van der Waals surface area contributed by atoms with Gasteiger partial charge < -0.3 is 0 Å². The van der Waals surface area contributed by atoms with E-state index in [0.717, 1.165) is 5.69 Å². The van der Waals surface area contributed by atoms with Gasteiger partial charge in [-0.25, -0.2) is 4.68 Å². The normalized spacial score (nSPS) is 10.1. The first kappa shape index (κ1) is 7.10. The van der Waals surface area contributed by atoms with Gasteiger partial charge in [0.15, 0.2) is 0 Å². The summed E-state index contributed by atoms with van der Waals surface area (Å²) in [5.41, 5.74) is 2.24. The lowest BCUT2D eigenvalue weighted by molar-refractivity contribution is 0.880. The van der Waals surface area contributed by atoms with Gasteiger partial charge in [0.2, 0.25) is 0 Å². The quantitative estimate of drug-likeness (QED) is 0.619. The molecule has 2 aromatic rings. The number of hydrogen-bond donors (Lipinski definition) is 0. The molecule has 1 radical (unpaired) electrons. The Morgan fingerprint density at radius 2 is 2.08 bits per heavy atom. The average molecular weight is 157 g/mol. The molecule has 2 nitrogen and oxygen atoms in total. The highest BCUT2D eigenvalue weighted by Crippen LogP contribution is 2.05. The summed E-state index contributed by atoms with van der Waals surface area (Å²) in [4.78, 5) is 0. The summed E-state index contributed by atoms with van der Waals surface area (Å²) in [6, 6.07) is 10.7. The number of aryl methyl sites for hydroxylation is 1. The first-order valence-electron chi connectivity index (χ1n) is 3.84. The fourth-order valence-corrected chi connectivity index (χ4v) is 1.08. The van der Waals surface area contributed by atoms with E-state index in [-0.39, 0.29) is 0 Å². The maximum Gasteiger partial charge on any atom is 0.0646 e. The highest BCUT2D eigenvalue weighted by Gasteiger charge is 1.94. The van der Waals surface area contributed by atoms with E-state index < -0.39 is 0 Å². The Hall–Kier alpha value is -1.57. The van der Waals surface area contributed by atoms with E-state index in [1.54, 1.807) is 0 Å². The van der Waals surface area contributed by atoms with Crippen molar-refractivity contribution in [2.45, 2.75) is 6.92 Å². The standard InChI is InChI=1S/C10H9N2/c1-9-7-11-12(8-9)10-5-3-2-4-6-10/h3-8H,1H3. The van der Waals surface area contributed by atoms with E-state index >= 15 is 0 Å². The molecule has 1 heterocycles. The van der Waals surface area contributed by atoms with Crippen LogP contribution in [-0.2, 0) is 0 Å². The van der Waals surface area contributed by atoms with Crippen LogP contribution < -0.4 is 0 Å². The maximum absolute atomic E-state index is 4.19. The third-order valence-corrected chi connectivity index (χ3v) is 1.68. The molecule has 0 N–H and O–H groups in total. The van der Waals surface area contributed by atoms with Crippen LogP contribution in [0.5, 0.6) is 0 Å². The molecular formula is C10H9N2. The van der Waals surface area contributed by atoms with E-state index in [9.17, 15) is 0 Å². The Kier molecular flexibility index (Phi) is 1.67. The molecule has 0 saturated carbocycles. The zero-order chi connectivity index (χ0) is 8.39. The summed E-state index contributed by atoms with van der Waals surface area (Å²) in [6.07, 6.45) is 3.84. The Morgan fingerprint density at radius 3 is 2.67 bits per heavy atom. The SMILES string of the molecule is Cc1cnn(-c2cc[c]cc2)c1. The van der Waals surface area contributed by atoms with Gasteiger partial charge in [-0.2, -0.15) is 5.10 Å². The second kappa shape index (κ2) is 2.81. The number of benzene rings is 1. The Morgan fingerprint density at radius 1 is 1.33 bits per heavy atom. The van der Waals surface area contributed by atoms with E-state index in [1.807, 2.05) is 48.3 Å². The Labute approximate surface area is 71.5 Å². The molecule has 2 rings (SSSR count). The lowest BCUT2D eigenvalue weighted by Crippen LogP contribution is -1.92. The van der Waals surface area contributed by atoms with Crippen molar-refractivity contribution in [2.75, 3.05) is 0 Å². The third kappa shape index (κ3) is 1.23. The summed E-state index contributed by atoms with van der Waals surface area (Å²) < 4.78 is 1.85. The zero-order valence-corrected chi connectivity index (χ0v) is 6.86. The summed E-state index contributed by atoms with van der Waals surface area (Å²) in [7, 11) is 0. The molecule has 0 amide bonds. The molecule has 1 aromatic carbocycles. The second-order valence-electron chi connectivity index (χ2n) is 2.72. The summed E-state index contributed by atoms with van der Waals surface area (Å²) in [6.45, 7) is 2.03. The molecule has 2 heteroatoms. The molecule has 0 saturated heterocycles. The first-order chi connectivity index (χ1) is 5.86. The van der Waals surface area contributed by atoms with Crippen LogP contribution in [0.2, 0.25) is 0 Å². The molecule has 0 fully saturated rings. The predicted octanol–water partition coefficient (Wildman–Crippen LogP) is 1.98. The van der Waals surface area contributed by atoms with Crippen molar-refractivity contribution in [1.29, 1.82) is 0 Å². The number of nitrogens with zero attached hydrogens (tertiary/aromatic N) is 2. The van der Waals surface area contributed by atoms with E-state index in [1.165, 1.54) is 5.56 Å². The van der Waals surface area contributed by atoms with Crippen LogP contribution in [0.4, 0.5) is 0 Å². The van der Waals surface area contributed by atoms with E-state index in [2.05, 4.69) is 11.2 Å². The third-order valence-electron chi connectivity index (χ3n) is 1.68. The molecule has 0 aliphatic carbocycles. The molecular weight excluding hydrogens is 148 g/mol. The molecule has 0 bridgehead atoms. The van der Waals surface area contributed by atoms with Crippen molar-refractivity contribution in [3.63, 3.8) is 0 Å². The van der Waals surface area contributed by atoms with Crippen LogP contribution in [0.1, 0.15) is 5.56 Å². The summed E-state index contributed by atoms with van der Waals surface area (Å²) in [5.74, 6) is 0. The van der Waals surface area contributed by atoms with Gasteiger partial charge in [-0.15, -0.1) is 0 Å². The van der Waals surface area contributed by atoms with Gasteiger partial charge in [0.05, 0.1) is 11.9 Å². The van der Waals surface area contributed by atoms with Crippen LogP contribution in [-0.4, -0.2) is 9.78 Å². The van der Waals surface area contributed by atoms with Crippen molar-refractivity contribution in [1.82, 2.24) is 9.78 Å². The van der Waals surface area contributed by atoms with Crippen molar-refractivity contribution in [3.8, 4) is 5.69 Å². The Bertz CT molecular complexity index is 362. The fourth-order valence-electron chi connectivity index (χ4n) is 1.08. The fraction of sp³-hybridized carbons (Fsp3) is 0.100. The molecule has 0 spiro atoms. The Balaban J connectivity index is 2.45. The van der Waals surface area contributed by atoms with Gasteiger partial charge in [-0.1, -0.05) is 12.1 Å². The highest BCUT2D eigenvalue weighted by atomic mass is 15.3. The van der Waals surface area contributed by atoms with Gasteiger partial charge >= 0.3 is 0 Å². The number of rotatable bonds is 1. The van der Waals surface area contributed by atoms with Crippen LogP contribution in [0.3, 0.4) is 0 Å². The maximum atomic E-state index is 4.19. The van der Waals surface area contributed by atoms with Crippen molar-refractivity contribution >= 4 is 0 Å². The zero-order valence-electron chi connectivity index (χ0n) is 6.86. The van der Waals surface area contributed by atoms with Gasteiger partial charge in [0.1, 0.15) is 0 Å². The van der Waals surface area contributed by atoms with Gasteiger partial charge in [-0.3, -0.25) is 0 Å². The van der Waals surface area contributed by atoms with Crippen molar-refractivity contribution in [3.05, 3.63) is 48.3 Å². The lowest BCUT2D eigenvalue weighted by atomic mass is 10.3. The minimum absolute atomic E-state index is 1.07. The lowest BCUT2D eigenvalue weighted by Gasteiger charge is -1.97. The number of aromatic nitrogens is 2. The predicted molar refractivity (Wildman–Crippen MR) is 47.1 cm³/mol. The first-order valence-corrected chi connectivity index (χ1v) is 3.84. The summed E-state index contributed by atoms with van der Waals surface area (Å²) >= 11 is 0. The van der Waals surface area contributed by atoms with E-state index in [0.29, 0.717) is 0 Å². The molecule has 12 heavy (non-hydrogen) atoms. The number of hydrogen-bond acceptors (Lipinski definition) is 1. The van der Waals surface area contributed by atoms with Crippen LogP contribution in [0, 0.1) is 13.0 Å². The molecule has 1 aromatic heterocycles. The van der Waals surface area contributed by atoms with Crippen molar-refractivity contribution in [2.24, 2.45) is 0 Å². The van der Waals surface area contributed by atoms with Gasteiger partial charge in [-0.05, 0) is 30.7 Å². The van der Waals surface area contributed by atoms with Gasteiger partial charge in [0.25, 0.3) is 0 Å².